The van der Waals surface area contributed by atoms with Crippen molar-refractivity contribution in [2.24, 2.45) is 23.0 Å². The summed E-state index contributed by atoms with van der Waals surface area (Å²) in [6.45, 7) is 6.63. The number of anilines is 1. The molecule has 2 bridgehead atoms. The number of nitrogens with one attached hydrogen (secondary N) is 1. The first-order valence-corrected chi connectivity index (χ1v) is 16.9. The molecule has 47 heavy (non-hydrogen) atoms. The fourth-order valence-electron chi connectivity index (χ4n) is 6.40. The monoisotopic (exact) mass is 677 g/mol. The summed E-state index contributed by atoms with van der Waals surface area (Å²) >= 11 is 0.976. The highest BCUT2D eigenvalue weighted by atomic mass is 32.2. The zero-order valence-corrected chi connectivity index (χ0v) is 27.5. The highest BCUT2D eigenvalue weighted by Crippen LogP contribution is 2.60. The summed E-state index contributed by atoms with van der Waals surface area (Å²) in [5.41, 5.74) is 2.33. The summed E-state index contributed by atoms with van der Waals surface area (Å²) in [7, 11) is -2.60. The Morgan fingerprint density at radius 3 is 2.45 bits per heavy atom. The van der Waals surface area contributed by atoms with Crippen molar-refractivity contribution >= 4 is 56.0 Å². The Morgan fingerprint density at radius 2 is 1.79 bits per heavy atom. The molecule has 1 aliphatic heterocycles. The van der Waals surface area contributed by atoms with Gasteiger partial charge in [-0.15, -0.1) is 0 Å². The Balaban J connectivity index is 1.27. The van der Waals surface area contributed by atoms with Crippen molar-refractivity contribution in [3.05, 3.63) is 96.8 Å². The first-order chi connectivity index (χ1) is 22.1. The Morgan fingerprint density at radius 1 is 1.04 bits per heavy atom. The highest BCUT2D eigenvalue weighted by Gasteiger charge is 2.60. The summed E-state index contributed by atoms with van der Waals surface area (Å²) < 4.78 is 30.6. The third kappa shape index (κ3) is 5.65. The third-order valence-corrected chi connectivity index (χ3v) is 12.5. The number of hydrazone groups is 1. The van der Waals surface area contributed by atoms with Crippen LogP contribution in [0.1, 0.15) is 39.2 Å². The standard InChI is InChI=1S/C31H31N7O7S2/c1-30(2)15-21-16-31(30,3)18-36(21)47(44,45)27-14-20(37(40)41)10-11-24(27)34-32-17-19-9-12-26(25(13-19)38(42)43)46-29-33-23-8-6-5-7-22(23)28(39)35(29)4/h5-14,17,21,34H,15-16,18H2,1-4H3/b32-17-/t21-,31-/m1/s1. The van der Waals surface area contributed by atoms with E-state index in [0.717, 1.165) is 17.8 Å². The first-order valence-electron chi connectivity index (χ1n) is 14.6. The van der Waals surface area contributed by atoms with E-state index in [1.54, 1.807) is 37.4 Å². The number of nitro benzene ring substituents is 2. The average Bonchev–Trinajstić information content (AvgIpc) is 3.49. The second kappa shape index (κ2) is 11.5. The Labute approximate surface area is 273 Å². The van der Waals surface area contributed by atoms with E-state index in [0.29, 0.717) is 35.9 Å². The second-order valence-corrected chi connectivity index (χ2v) is 15.6. The molecule has 1 aromatic heterocycles. The number of hydrogen-bond donors (Lipinski definition) is 1. The SMILES string of the molecule is Cn1c(Sc2ccc(/C=N\Nc3ccc([N+](=O)[O-])cc3S(=O)(=O)N3C[C@@]4(C)C[C@H]3CC4(C)C)cc2[N+](=O)[O-])nc2ccccc2c1=O. The van der Waals surface area contributed by atoms with E-state index < -0.39 is 19.9 Å². The Kier molecular flexibility index (Phi) is 7.92. The molecule has 244 valence electrons. The van der Waals surface area contributed by atoms with Crippen molar-refractivity contribution in [2.75, 3.05) is 12.0 Å². The van der Waals surface area contributed by atoms with Gasteiger partial charge in [0.05, 0.1) is 37.5 Å². The molecule has 2 heterocycles. The number of fused-ring (bicyclic) bond motifs is 3. The van der Waals surface area contributed by atoms with Gasteiger partial charge in [0.1, 0.15) is 4.90 Å². The second-order valence-electron chi connectivity index (χ2n) is 12.7. The van der Waals surface area contributed by atoms with Crippen molar-refractivity contribution in [1.29, 1.82) is 0 Å². The maximum atomic E-state index is 13.9. The molecular formula is C31H31N7O7S2. The van der Waals surface area contributed by atoms with Crippen molar-refractivity contribution < 1.29 is 18.3 Å². The van der Waals surface area contributed by atoms with Crippen LogP contribution in [0.5, 0.6) is 0 Å². The summed E-state index contributed by atoms with van der Waals surface area (Å²) in [4.78, 5) is 39.7. The number of para-hydroxylation sites is 1. The molecule has 1 N–H and O–H groups in total. The molecule has 2 atom stereocenters. The molecule has 0 spiro atoms. The molecule has 1 saturated carbocycles. The van der Waals surface area contributed by atoms with Crippen LogP contribution in [-0.4, -0.2) is 50.9 Å². The lowest BCUT2D eigenvalue weighted by molar-refractivity contribution is -0.387. The van der Waals surface area contributed by atoms with Crippen molar-refractivity contribution in [3.8, 4) is 0 Å². The summed E-state index contributed by atoms with van der Waals surface area (Å²) in [5.74, 6) is 0. The van der Waals surface area contributed by atoms with Crippen LogP contribution in [0.4, 0.5) is 17.1 Å². The van der Waals surface area contributed by atoms with Crippen molar-refractivity contribution in [3.63, 3.8) is 0 Å². The lowest BCUT2D eigenvalue weighted by atomic mass is 9.69. The van der Waals surface area contributed by atoms with Gasteiger partial charge >= 0.3 is 0 Å². The molecule has 4 aromatic rings. The largest absolute Gasteiger partial charge is 0.290 e. The molecule has 2 fully saturated rings. The minimum atomic E-state index is -4.14. The number of piperidine rings is 1. The Bertz CT molecular complexity index is 2170. The Hall–Kier alpha value is -4.67. The number of rotatable bonds is 9. The van der Waals surface area contributed by atoms with Crippen molar-refractivity contribution in [1.82, 2.24) is 13.9 Å². The number of aromatic nitrogens is 2. The molecular weight excluding hydrogens is 647 g/mol. The number of non-ortho nitro benzene ring substituents is 1. The van der Waals surface area contributed by atoms with Crippen LogP contribution in [-0.2, 0) is 17.1 Å². The van der Waals surface area contributed by atoms with Gasteiger partial charge in [-0.05, 0) is 59.7 Å². The van der Waals surface area contributed by atoms with Gasteiger partial charge in [-0.3, -0.25) is 35.0 Å². The van der Waals surface area contributed by atoms with Crippen LogP contribution in [0, 0.1) is 31.1 Å². The van der Waals surface area contributed by atoms with E-state index >= 15 is 0 Å². The number of benzene rings is 3. The first kappa shape index (κ1) is 32.3. The number of hydrogen-bond acceptors (Lipinski definition) is 11. The maximum absolute atomic E-state index is 13.9. The van der Waals surface area contributed by atoms with E-state index in [1.807, 2.05) is 0 Å². The lowest BCUT2D eigenvalue weighted by Crippen LogP contribution is -2.46. The maximum Gasteiger partial charge on any atom is 0.283 e. The van der Waals surface area contributed by atoms with E-state index in [2.05, 4.69) is 36.3 Å². The van der Waals surface area contributed by atoms with Gasteiger partial charge in [-0.25, -0.2) is 13.4 Å². The molecule has 2 aliphatic rings. The van der Waals surface area contributed by atoms with Gasteiger partial charge in [-0.2, -0.15) is 9.41 Å². The van der Waals surface area contributed by atoms with Crippen LogP contribution >= 0.6 is 11.8 Å². The molecule has 14 nitrogen and oxygen atoms in total. The smallest absolute Gasteiger partial charge is 0.283 e. The van der Waals surface area contributed by atoms with Crippen LogP contribution < -0.4 is 11.0 Å². The zero-order chi connectivity index (χ0) is 33.9. The van der Waals surface area contributed by atoms with Gasteiger partial charge in [0.15, 0.2) is 5.16 Å². The summed E-state index contributed by atoms with van der Waals surface area (Å²) in [6.07, 6.45) is 2.67. The number of sulfonamides is 1. The molecule has 6 rings (SSSR count). The van der Waals surface area contributed by atoms with Gasteiger partial charge in [-0.1, -0.05) is 39.0 Å². The topological polar surface area (TPSA) is 183 Å². The number of nitro groups is 2. The number of nitrogens with zero attached hydrogens (tertiary/aromatic N) is 6. The highest BCUT2D eigenvalue weighted by molar-refractivity contribution is 7.99. The van der Waals surface area contributed by atoms with Crippen LogP contribution in [0.15, 0.2) is 85.5 Å². The molecule has 3 aromatic carbocycles. The van der Waals surface area contributed by atoms with Gasteiger partial charge in [0.25, 0.3) is 16.9 Å². The quantitative estimate of drug-likeness (QED) is 0.102. The molecule has 0 amide bonds. The molecule has 1 aliphatic carbocycles. The molecule has 0 unspecified atom stereocenters. The minimum Gasteiger partial charge on any atom is -0.290 e. The van der Waals surface area contributed by atoms with Crippen molar-refractivity contribution in [2.45, 2.75) is 54.6 Å². The lowest BCUT2D eigenvalue weighted by Gasteiger charge is -2.42. The predicted octanol–water partition coefficient (Wildman–Crippen LogP) is 5.55. The average molecular weight is 678 g/mol. The van der Waals surface area contributed by atoms with E-state index in [-0.39, 0.29) is 54.4 Å². The molecule has 1 saturated heterocycles. The summed E-state index contributed by atoms with van der Waals surface area (Å²) in [5, 5.41) is 28.4. The van der Waals surface area contributed by atoms with Crippen LogP contribution in [0.25, 0.3) is 10.9 Å². The summed E-state index contributed by atoms with van der Waals surface area (Å²) in [6, 6.07) is 14.5. The van der Waals surface area contributed by atoms with Crippen LogP contribution in [0.2, 0.25) is 0 Å². The van der Waals surface area contributed by atoms with Gasteiger partial charge < -0.3 is 0 Å². The van der Waals surface area contributed by atoms with Crippen LogP contribution in [0.3, 0.4) is 0 Å². The van der Waals surface area contributed by atoms with E-state index in [1.165, 1.54) is 39.4 Å². The predicted molar refractivity (Wildman–Crippen MR) is 177 cm³/mol. The van der Waals surface area contributed by atoms with Gasteiger partial charge in [0.2, 0.25) is 10.0 Å². The minimum absolute atomic E-state index is 0.0315. The molecule has 16 heteroatoms. The molecule has 0 radical (unpaired) electrons. The fourth-order valence-corrected chi connectivity index (χ4v) is 9.25. The normalized spacial score (nSPS) is 20.6. The fraction of sp³-hybridized carbons (Fsp3) is 0.323. The van der Waals surface area contributed by atoms with Gasteiger partial charge in [0, 0.05) is 43.4 Å². The zero-order valence-electron chi connectivity index (χ0n) is 25.9. The van der Waals surface area contributed by atoms with E-state index in [9.17, 15) is 33.4 Å². The van der Waals surface area contributed by atoms with E-state index in [4.69, 9.17) is 0 Å². The third-order valence-electron chi connectivity index (χ3n) is 9.46.